The van der Waals surface area contributed by atoms with Crippen LogP contribution in [0, 0.1) is 0 Å². The summed E-state index contributed by atoms with van der Waals surface area (Å²) in [6, 6.07) is 29.9. The molecule has 0 saturated carbocycles. The molecular weight excluding hydrogens is 535 g/mol. The Labute approximate surface area is 239 Å². The molecule has 0 aromatic heterocycles. The predicted octanol–water partition coefficient (Wildman–Crippen LogP) is 8.71. The van der Waals surface area contributed by atoms with E-state index in [1.807, 2.05) is 112 Å². The Morgan fingerprint density at radius 3 is 1.67 bits per heavy atom. The van der Waals surface area contributed by atoms with Gasteiger partial charge in [-0.2, -0.15) is 0 Å². The van der Waals surface area contributed by atoms with Gasteiger partial charge in [0.15, 0.2) is 11.5 Å². The van der Waals surface area contributed by atoms with Gasteiger partial charge in [0.05, 0.1) is 5.56 Å². The van der Waals surface area contributed by atoms with E-state index in [4.69, 9.17) is 32.7 Å². The first-order chi connectivity index (χ1) is 18.6. The summed E-state index contributed by atoms with van der Waals surface area (Å²) < 4.78 is 11.8. The smallest absolute Gasteiger partial charge is 0.336 e. The highest BCUT2D eigenvalue weighted by atomic mass is 35.5. The minimum Gasteiger partial charge on any atom is -0.502 e. The van der Waals surface area contributed by atoms with Gasteiger partial charge in [0.2, 0.25) is 5.75 Å². The maximum atomic E-state index is 12.0. The Balaban J connectivity index is 0.000000395. The molecule has 0 aliphatic carbocycles. The topological polar surface area (TPSA) is 76.0 Å². The van der Waals surface area contributed by atoms with Crippen LogP contribution in [0.4, 0.5) is 0 Å². The number of hydrogen-bond donors (Lipinski definition) is 2. The average Bonchev–Trinajstić information content (AvgIpc) is 2.92. The van der Waals surface area contributed by atoms with Crippen LogP contribution in [0.1, 0.15) is 58.2 Å². The van der Waals surface area contributed by atoms with Gasteiger partial charge in [-0.05, 0) is 28.2 Å². The molecule has 0 atom stereocenters. The summed E-state index contributed by atoms with van der Waals surface area (Å²) >= 11 is 11.1. The van der Waals surface area contributed by atoms with Crippen molar-refractivity contribution in [3.8, 4) is 17.2 Å². The van der Waals surface area contributed by atoms with E-state index in [-0.39, 0.29) is 36.0 Å². The minimum atomic E-state index is -1.10. The number of aromatic hydroxyl groups is 1. The summed E-state index contributed by atoms with van der Waals surface area (Å²) in [7, 11) is 0. The third kappa shape index (κ3) is 8.67. The third-order valence-corrected chi connectivity index (χ3v) is 6.22. The Kier molecular flexibility index (Phi) is 10.7. The number of phenols is 1. The predicted molar refractivity (Wildman–Crippen MR) is 156 cm³/mol. The van der Waals surface area contributed by atoms with Crippen molar-refractivity contribution in [2.75, 3.05) is 0 Å². The van der Waals surface area contributed by atoms with E-state index in [9.17, 15) is 15.0 Å². The normalized spacial score (nSPS) is 10.9. The number of carboxylic acid groups (broad SMARTS) is 1. The van der Waals surface area contributed by atoms with E-state index in [1.165, 1.54) is 6.07 Å². The number of rotatable bonds is 8. The second kappa shape index (κ2) is 13.9. The molecule has 0 amide bonds. The number of hydrogen-bond acceptors (Lipinski definition) is 4. The molecule has 4 aromatic carbocycles. The fourth-order valence-electron chi connectivity index (χ4n) is 3.85. The molecular formula is C32H32Cl2O5. The maximum Gasteiger partial charge on any atom is 0.336 e. The molecule has 0 bridgehead atoms. The van der Waals surface area contributed by atoms with Crippen LogP contribution in [-0.4, -0.2) is 16.2 Å². The Bertz CT molecular complexity index is 1340. The van der Waals surface area contributed by atoms with Gasteiger partial charge in [0, 0.05) is 5.56 Å². The monoisotopic (exact) mass is 566 g/mol. The van der Waals surface area contributed by atoms with Crippen LogP contribution in [-0.2, 0) is 18.6 Å². The van der Waals surface area contributed by atoms with Gasteiger partial charge in [0.25, 0.3) is 0 Å². The van der Waals surface area contributed by atoms with Crippen LogP contribution in [0.2, 0.25) is 0 Å². The van der Waals surface area contributed by atoms with E-state index in [0.29, 0.717) is 5.56 Å². The summed E-state index contributed by atoms with van der Waals surface area (Å²) in [5.41, 5.74) is 2.65. The quantitative estimate of drug-likeness (QED) is 0.208. The second-order valence-electron chi connectivity index (χ2n) is 9.79. The number of benzene rings is 4. The van der Waals surface area contributed by atoms with Gasteiger partial charge in [0.1, 0.15) is 18.1 Å². The molecule has 0 heterocycles. The van der Waals surface area contributed by atoms with Crippen molar-refractivity contribution in [2.45, 2.75) is 44.2 Å². The lowest BCUT2D eigenvalue weighted by molar-refractivity contribution is 0.0692. The van der Waals surface area contributed by atoms with Crippen molar-refractivity contribution in [1.29, 1.82) is 0 Å². The molecule has 2 N–H and O–H groups in total. The lowest BCUT2D eigenvalue weighted by atomic mass is 9.82. The Morgan fingerprint density at radius 2 is 1.26 bits per heavy atom. The van der Waals surface area contributed by atoms with Gasteiger partial charge < -0.3 is 19.7 Å². The molecule has 0 spiro atoms. The number of carbonyl (C=O) groups is 1. The van der Waals surface area contributed by atoms with Crippen LogP contribution < -0.4 is 9.47 Å². The van der Waals surface area contributed by atoms with Crippen LogP contribution in [0.5, 0.6) is 17.2 Å². The van der Waals surface area contributed by atoms with Crippen molar-refractivity contribution in [1.82, 2.24) is 0 Å². The zero-order chi connectivity index (χ0) is 28.4. The number of aromatic carboxylic acids is 1. The fourth-order valence-corrected chi connectivity index (χ4v) is 4.14. The van der Waals surface area contributed by atoms with Gasteiger partial charge in [-0.25, -0.2) is 4.79 Å². The molecule has 0 unspecified atom stereocenters. The Hall–Kier alpha value is -3.67. The SMILES string of the molecule is CC(C)(C)c1c(C(=O)O)cc(OCc2ccccc2)c(O)c1OCc1ccccc1.ClC(Cl)c1ccccc1. The summed E-state index contributed by atoms with van der Waals surface area (Å²) in [5, 5.41) is 20.8. The van der Waals surface area contributed by atoms with E-state index < -0.39 is 16.2 Å². The average molecular weight is 568 g/mol. The van der Waals surface area contributed by atoms with Crippen molar-refractivity contribution in [3.05, 3.63) is 125 Å². The molecule has 204 valence electrons. The van der Waals surface area contributed by atoms with Crippen molar-refractivity contribution < 1.29 is 24.5 Å². The maximum absolute atomic E-state index is 12.0. The summed E-state index contributed by atoms with van der Waals surface area (Å²) in [4.78, 5) is 11.6. The molecule has 0 aliphatic heterocycles. The third-order valence-electron chi connectivity index (χ3n) is 5.72. The highest BCUT2D eigenvalue weighted by molar-refractivity contribution is 6.44. The largest absolute Gasteiger partial charge is 0.502 e. The van der Waals surface area contributed by atoms with E-state index >= 15 is 0 Å². The lowest BCUT2D eigenvalue weighted by Gasteiger charge is -2.26. The van der Waals surface area contributed by atoms with E-state index in [2.05, 4.69) is 0 Å². The van der Waals surface area contributed by atoms with Crippen LogP contribution in [0.25, 0.3) is 0 Å². The van der Waals surface area contributed by atoms with Gasteiger partial charge in [-0.1, -0.05) is 112 Å². The lowest BCUT2D eigenvalue weighted by Crippen LogP contribution is -2.19. The number of phenolic OH excluding ortho intramolecular Hbond substituents is 1. The number of ether oxygens (including phenoxy) is 2. The van der Waals surface area contributed by atoms with Crippen molar-refractivity contribution in [3.63, 3.8) is 0 Å². The molecule has 5 nitrogen and oxygen atoms in total. The second-order valence-corrected chi connectivity index (χ2v) is 10.9. The standard InChI is InChI=1S/C25H26O5.C7H6Cl2/c1-25(2,3)21-19(24(27)28)14-20(29-15-17-10-6-4-7-11-17)22(26)23(21)30-16-18-12-8-5-9-13-18;8-7(9)6-4-2-1-3-5-6/h4-14,26H,15-16H2,1-3H3,(H,27,28);1-5,7H. The summed E-state index contributed by atoms with van der Waals surface area (Å²) in [6.45, 7) is 6.04. The molecule has 0 radical (unpaired) electrons. The van der Waals surface area contributed by atoms with E-state index in [1.54, 1.807) is 0 Å². The van der Waals surface area contributed by atoms with Gasteiger partial charge in [-0.3, -0.25) is 0 Å². The van der Waals surface area contributed by atoms with Crippen molar-refractivity contribution in [2.24, 2.45) is 0 Å². The van der Waals surface area contributed by atoms with Crippen LogP contribution >= 0.6 is 23.2 Å². The molecule has 4 aromatic rings. The number of halogens is 2. The summed E-state index contributed by atoms with van der Waals surface area (Å²) in [6.07, 6.45) is 0. The van der Waals surface area contributed by atoms with Gasteiger partial charge in [-0.15, -0.1) is 23.2 Å². The first-order valence-electron chi connectivity index (χ1n) is 12.4. The zero-order valence-electron chi connectivity index (χ0n) is 22.1. The van der Waals surface area contributed by atoms with E-state index in [0.717, 1.165) is 16.7 Å². The molecule has 0 saturated heterocycles. The van der Waals surface area contributed by atoms with Crippen LogP contribution in [0.3, 0.4) is 0 Å². The first kappa shape index (κ1) is 29.9. The van der Waals surface area contributed by atoms with Crippen LogP contribution in [0.15, 0.2) is 97.1 Å². The first-order valence-corrected chi connectivity index (χ1v) is 13.3. The Morgan fingerprint density at radius 1 is 0.795 bits per heavy atom. The highest BCUT2D eigenvalue weighted by Gasteiger charge is 2.31. The minimum absolute atomic E-state index is 0.0476. The molecule has 0 aliphatic rings. The molecule has 4 rings (SSSR count). The van der Waals surface area contributed by atoms with Gasteiger partial charge >= 0.3 is 5.97 Å². The highest BCUT2D eigenvalue weighted by Crippen LogP contribution is 2.46. The number of alkyl halides is 2. The fraction of sp³-hybridized carbons (Fsp3) is 0.219. The summed E-state index contributed by atoms with van der Waals surface area (Å²) in [5.74, 6) is -1.09. The molecule has 7 heteroatoms. The number of carboxylic acids is 1. The zero-order valence-corrected chi connectivity index (χ0v) is 23.6. The molecule has 0 fully saturated rings. The molecule has 39 heavy (non-hydrogen) atoms. The van der Waals surface area contributed by atoms with Crippen molar-refractivity contribution >= 4 is 29.2 Å².